The lowest BCUT2D eigenvalue weighted by atomic mass is 10.1. The molecule has 1 N–H and O–H groups in total. The van der Waals surface area contributed by atoms with E-state index >= 15 is 0 Å². The van der Waals surface area contributed by atoms with Crippen molar-refractivity contribution in [2.24, 2.45) is 0 Å². The predicted molar refractivity (Wildman–Crippen MR) is 146 cm³/mol. The number of hydrogen-bond acceptors (Lipinski definition) is 5. The van der Waals surface area contributed by atoms with Crippen molar-refractivity contribution in [3.8, 4) is 5.75 Å². The molecule has 1 aromatic heterocycles. The van der Waals surface area contributed by atoms with Gasteiger partial charge in [0.25, 0.3) is 15.1 Å². The first kappa shape index (κ1) is 23.0. The molecule has 0 unspecified atom stereocenters. The maximum atomic E-state index is 11.4. The highest BCUT2D eigenvalue weighted by Crippen LogP contribution is 2.44. The highest BCUT2D eigenvalue weighted by molar-refractivity contribution is 7.85. The SMILES string of the molecule is CCN1C(=Cc2sc3ccc4ccccc4c3[n+]2CCCS(=O)(=O)O)Oc2ccc3ccccc3c21. The second-order valence-electron chi connectivity index (χ2n) is 8.83. The normalized spacial score (nSPS) is 14.7. The van der Waals surface area contributed by atoms with Crippen molar-refractivity contribution in [2.75, 3.05) is 17.2 Å². The van der Waals surface area contributed by atoms with Crippen LogP contribution in [0.4, 0.5) is 5.69 Å². The summed E-state index contributed by atoms with van der Waals surface area (Å²) in [6.45, 7) is 3.30. The molecule has 0 spiro atoms. The first-order chi connectivity index (χ1) is 17.4. The fourth-order valence-corrected chi connectivity index (χ4v) is 6.63. The van der Waals surface area contributed by atoms with Crippen molar-refractivity contribution < 1.29 is 22.3 Å². The summed E-state index contributed by atoms with van der Waals surface area (Å²) in [5, 5.41) is 5.49. The number of ether oxygens (including phenoxy) is 1. The Morgan fingerprint density at radius 1 is 0.972 bits per heavy atom. The maximum Gasteiger partial charge on any atom is 0.268 e. The molecule has 0 saturated heterocycles. The number of nitrogens with zero attached hydrogens (tertiary/aromatic N) is 2. The van der Waals surface area contributed by atoms with Gasteiger partial charge in [0.15, 0.2) is 12.3 Å². The van der Waals surface area contributed by atoms with Crippen LogP contribution in [0.25, 0.3) is 37.8 Å². The number of aromatic nitrogens is 1. The molecule has 0 saturated carbocycles. The molecular formula is C28H25N2O4S2+. The minimum atomic E-state index is -4.04. The van der Waals surface area contributed by atoms with Crippen LogP contribution in [0.15, 0.2) is 78.7 Å². The van der Waals surface area contributed by atoms with Gasteiger partial charge in [-0.1, -0.05) is 65.9 Å². The second kappa shape index (κ2) is 8.89. The van der Waals surface area contributed by atoms with Gasteiger partial charge in [0.1, 0.15) is 4.70 Å². The molecule has 4 aromatic carbocycles. The van der Waals surface area contributed by atoms with Crippen LogP contribution in [0.1, 0.15) is 18.4 Å². The van der Waals surface area contributed by atoms with Crippen LogP contribution in [0.5, 0.6) is 5.75 Å². The van der Waals surface area contributed by atoms with Gasteiger partial charge in [-0.15, -0.1) is 0 Å². The molecule has 6 rings (SSSR count). The molecule has 0 radical (unpaired) electrons. The van der Waals surface area contributed by atoms with Crippen LogP contribution in [0.2, 0.25) is 0 Å². The molecule has 5 aromatic rings. The monoisotopic (exact) mass is 517 g/mol. The molecule has 0 fully saturated rings. The van der Waals surface area contributed by atoms with E-state index in [0.717, 1.165) is 60.6 Å². The number of hydrogen-bond donors (Lipinski definition) is 1. The molecule has 8 heteroatoms. The molecule has 2 heterocycles. The maximum absolute atomic E-state index is 11.4. The standard InChI is InChI=1S/C28H24N2O4S2/c1-2-29-25(34-23-14-12-19-8-3-5-10-21(19)27(23)29)18-26-30(16-7-17-36(31,32)33)28-22-11-6-4-9-20(22)13-15-24(28)35-26/h3-6,8-15,18H,2,7,16-17H2,1H3/p+1. The van der Waals surface area contributed by atoms with Crippen molar-refractivity contribution in [1.29, 1.82) is 0 Å². The smallest absolute Gasteiger partial charge is 0.268 e. The van der Waals surface area contributed by atoms with E-state index in [4.69, 9.17) is 4.74 Å². The first-order valence-electron chi connectivity index (χ1n) is 11.9. The molecule has 36 heavy (non-hydrogen) atoms. The lowest BCUT2D eigenvalue weighted by Crippen LogP contribution is -2.36. The zero-order valence-electron chi connectivity index (χ0n) is 19.7. The quantitative estimate of drug-likeness (QED) is 0.221. The topological polar surface area (TPSA) is 70.7 Å². The fraction of sp³-hybridized carbons (Fsp3) is 0.179. The Labute approximate surface area is 213 Å². The van der Waals surface area contributed by atoms with Crippen molar-refractivity contribution in [3.63, 3.8) is 0 Å². The van der Waals surface area contributed by atoms with E-state index in [-0.39, 0.29) is 5.75 Å². The molecule has 0 aliphatic carbocycles. The third-order valence-electron chi connectivity index (χ3n) is 6.58. The number of benzene rings is 4. The molecule has 1 aliphatic rings. The Morgan fingerprint density at radius 2 is 1.67 bits per heavy atom. The van der Waals surface area contributed by atoms with E-state index in [1.54, 1.807) is 11.3 Å². The van der Waals surface area contributed by atoms with Crippen LogP contribution < -0.4 is 14.2 Å². The summed E-state index contributed by atoms with van der Waals surface area (Å²) >= 11 is 1.65. The molecule has 0 atom stereocenters. The molecule has 0 amide bonds. The Bertz CT molecular complexity index is 1770. The summed E-state index contributed by atoms with van der Waals surface area (Å²) in [5.74, 6) is 1.28. The van der Waals surface area contributed by atoms with Crippen LogP contribution in [0.3, 0.4) is 0 Å². The minimum Gasteiger partial charge on any atom is -0.438 e. The Hall–Kier alpha value is -3.46. The van der Waals surface area contributed by atoms with E-state index in [2.05, 4.69) is 58.9 Å². The zero-order chi connectivity index (χ0) is 24.9. The molecular weight excluding hydrogens is 492 g/mol. The van der Waals surface area contributed by atoms with E-state index in [0.29, 0.717) is 13.0 Å². The lowest BCUT2D eigenvalue weighted by Gasteiger charge is -2.16. The van der Waals surface area contributed by atoms with E-state index in [1.807, 2.05) is 36.4 Å². The highest BCUT2D eigenvalue weighted by atomic mass is 32.2. The number of anilines is 1. The molecule has 0 bridgehead atoms. The number of aryl methyl sites for hydroxylation is 1. The van der Waals surface area contributed by atoms with Gasteiger partial charge in [0.2, 0.25) is 11.4 Å². The van der Waals surface area contributed by atoms with Crippen LogP contribution in [-0.2, 0) is 16.7 Å². The van der Waals surface area contributed by atoms with Gasteiger partial charge < -0.3 is 9.64 Å². The first-order valence-corrected chi connectivity index (χ1v) is 14.3. The largest absolute Gasteiger partial charge is 0.438 e. The zero-order valence-corrected chi connectivity index (χ0v) is 21.3. The van der Waals surface area contributed by atoms with Crippen molar-refractivity contribution in [2.45, 2.75) is 19.9 Å². The van der Waals surface area contributed by atoms with Crippen molar-refractivity contribution >= 4 is 65.0 Å². The third-order valence-corrected chi connectivity index (χ3v) is 8.48. The van der Waals surface area contributed by atoms with Gasteiger partial charge in [-0.3, -0.25) is 4.55 Å². The van der Waals surface area contributed by atoms with Crippen LogP contribution in [0, 0.1) is 0 Å². The van der Waals surface area contributed by atoms with Gasteiger partial charge in [-0.2, -0.15) is 13.0 Å². The lowest BCUT2D eigenvalue weighted by molar-refractivity contribution is -0.667. The Morgan fingerprint density at radius 3 is 2.42 bits per heavy atom. The average Bonchev–Trinajstić information content (AvgIpc) is 3.41. The van der Waals surface area contributed by atoms with E-state index < -0.39 is 10.1 Å². The number of thiazole rings is 1. The van der Waals surface area contributed by atoms with E-state index in [1.165, 1.54) is 0 Å². The van der Waals surface area contributed by atoms with Gasteiger partial charge in [-0.05, 0) is 35.9 Å². The van der Waals surface area contributed by atoms with Crippen molar-refractivity contribution in [3.05, 3.63) is 83.7 Å². The van der Waals surface area contributed by atoms with Gasteiger partial charge in [-0.25, -0.2) is 0 Å². The summed E-state index contributed by atoms with van der Waals surface area (Å²) in [6.07, 6.45) is 2.35. The Balaban J connectivity index is 1.50. The number of rotatable bonds is 6. The van der Waals surface area contributed by atoms with Gasteiger partial charge >= 0.3 is 0 Å². The summed E-state index contributed by atoms with van der Waals surface area (Å²) < 4.78 is 41.8. The number of fused-ring (bicyclic) bond motifs is 6. The average molecular weight is 518 g/mol. The minimum absolute atomic E-state index is 0.285. The third kappa shape index (κ3) is 4.01. The fourth-order valence-electron chi connectivity index (χ4n) is 5.01. The summed E-state index contributed by atoms with van der Waals surface area (Å²) in [5.41, 5.74) is 2.12. The molecule has 182 valence electrons. The van der Waals surface area contributed by atoms with Crippen molar-refractivity contribution in [1.82, 2.24) is 0 Å². The predicted octanol–water partition coefficient (Wildman–Crippen LogP) is 5.99. The Kier molecular flexibility index (Phi) is 5.67. The second-order valence-corrected chi connectivity index (χ2v) is 11.5. The highest BCUT2D eigenvalue weighted by Gasteiger charge is 2.30. The molecule has 6 nitrogen and oxygen atoms in total. The summed E-state index contributed by atoms with van der Waals surface area (Å²) in [4.78, 5) is 2.18. The van der Waals surface area contributed by atoms with Gasteiger partial charge in [0.05, 0.1) is 22.9 Å². The summed E-state index contributed by atoms with van der Waals surface area (Å²) in [7, 11) is -4.04. The van der Waals surface area contributed by atoms with E-state index in [9.17, 15) is 13.0 Å². The molecule has 1 aliphatic heterocycles. The summed E-state index contributed by atoms with van der Waals surface area (Å²) in [6, 6.07) is 24.8. The van der Waals surface area contributed by atoms with Gasteiger partial charge in [0, 0.05) is 18.4 Å². The van der Waals surface area contributed by atoms with Crippen LogP contribution in [-0.4, -0.2) is 25.3 Å². The van der Waals surface area contributed by atoms with Crippen LogP contribution >= 0.6 is 11.3 Å².